The lowest BCUT2D eigenvalue weighted by molar-refractivity contribution is 0.131. The average molecular weight is 206 g/mol. The second kappa shape index (κ2) is 4.69. The lowest BCUT2D eigenvalue weighted by Gasteiger charge is -2.21. The van der Waals surface area contributed by atoms with E-state index in [1.165, 1.54) is 5.56 Å². The molecule has 0 saturated carbocycles. The Kier molecular flexibility index (Phi) is 3.78. The summed E-state index contributed by atoms with van der Waals surface area (Å²) in [5.74, 6) is 1.66. The summed E-state index contributed by atoms with van der Waals surface area (Å²) in [6, 6.07) is 8.40. The lowest BCUT2D eigenvalue weighted by atomic mass is 10.0. The van der Waals surface area contributed by atoms with Crippen molar-refractivity contribution in [2.24, 2.45) is 5.92 Å². The van der Waals surface area contributed by atoms with Crippen molar-refractivity contribution in [2.45, 2.75) is 46.6 Å². The van der Waals surface area contributed by atoms with Gasteiger partial charge in [-0.1, -0.05) is 26.0 Å². The Bertz CT molecular complexity index is 307. The Morgan fingerprint density at radius 3 is 2.40 bits per heavy atom. The van der Waals surface area contributed by atoms with E-state index in [9.17, 15) is 0 Å². The molecule has 15 heavy (non-hydrogen) atoms. The van der Waals surface area contributed by atoms with E-state index in [2.05, 4.69) is 52.8 Å². The normalized spacial score (nSPS) is 11.9. The maximum atomic E-state index is 5.82. The fourth-order valence-corrected chi connectivity index (χ4v) is 1.56. The van der Waals surface area contributed by atoms with Crippen LogP contribution in [-0.2, 0) is 6.42 Å². The van der Waals surface area contributed by atoms with Gasteiger partial charge in [0.1, 0.15) is 11.4 Å². The predicted molar refractivity (Wildman–Crippen MR) is 65.4 cm³/mol. The summed E-state index contributed by atoms with van der Waals surface area (Å²) in [4.78, 5) is 0. The molecule has 1 aromatic rings. The Labute approximate surface area is 93.5 Å². The van der Waals surface area contributed by atoms with Crippen LogP contribution in [0.4, 0.5) is 0 Å². The molecule has 0 N–H and O–H groups in total. The van der Waals surface area contributed by atoms with Crippen LogP contribution >= 0.6 is 0 Å². The highest BCUT2D eigenvalue weighted by atomic mass is 16.5. The highest BCUT2D eigenvalue weighted by Crippen LogP contribution is 2.20. The van der Waals surface area contributed by atoms with Gasteiger partial charge in [-0.2, -0.15) is 0 Å². The van der Waals surface area contributed by atoms with Gasteiger partial charge in [0.05, 0.1) is 0 Å². The first kappa shape index (κ1) is 12.1. The van der Waals surface area contributed by atoms with Gasteiger partial charge in [0.25, 0.3) is 0 Å². The van der Waals surface area contributed by atoms with Crippen LogP contribution in [0, 0.1) is 5.92 Å². The Morgan fingerprint density at radius 1 is 1.20 bits per heavy atom. The summed E-state index contributed by atoms with van der Waals surface area (Å²) >= 11 is 0. The van der Waals surface area contributed by atoms with E-state index in [1.807, 2.05) is 6.07 Å². The molecule has 0 atom stereocenters. The molecule has 84 valence electrons. The summed E-state index contributed by atoms with van der Waals surface area (Å²) in [5.41, 5.74) is 1.24. The first-order valence-corrected chi connectivity index (χ1v) is 5.65. The summed E-state index contributed by atoms with van der Waals surface area (Å²) in [6.07, 6.45) is 1.11. The second-order valence-corrected chi connectivity index (χ2v) is 5.46. The molecule has 0 amide bonds. The summed E-state index contributed by atoms with van der Waals surface area (Å²) in [7, 11) is 0. The molecular weight excluding hydrogens is 184 g/mol. The van der Waals surface area contributed by atoms with Gasteiger partial charge in [0.2, 0.25) is 0 Å². The lowest BCUT2D eigenvalue weighted by Crippen LogP contribution is -2.22. The molecule has 0 saturated heterocycles. The van der Waals surface area contributed by atoms with Gasteiger partial charge in [-0.15, -0.1) is 0 Å². The van der Waals surface area contributed by atoms with Gasteiger partial charge in [0, 0.05) is 0 Å². The van der Waals surface area contributed by atoms with Crippen molar-refractivity contribution >= 4 is 0 Å². The van der Waals surface area contributed by atoms with Crippen LogP contribution in [0.2, 0.25) is 0 Å². The van der Waals surface area contributed by atoms with Crippen LogP contribution in [0.3, 0.4) is 0 Å². The number of benzene rings is 1. The largest absolute Gasteiger partial charge is 0.488 e. The molecule has 1 aromatic carbocycles. The minimum absolute atomic E-state index is 0.115. The monoisotopic (exact) mass is 206 g/mol. The first-order chi connectivity index (χ1) is 6.87. The van der Waals surface area contributed by atoms with E-state index in [0.29, 0.717) is 5.92 Å². The smallest absolute Gasteiger partial charge is 0.120 e. The maximum absolute atomic E-state index is 5.82. The van der Waals surface area contributed by atoms with E-state index < -0.39 is 0 Å². The van der Waals surface area contributed by atoms with Gasteiger partial charge < -0.3 is 4.74 Å². The summed E-state index contributed by atoms with van der Waals surface area (Å²) in [5, 5.41) is 0. The maximum Gasteiger partial charge on any atom is 0.120 e. The average Bonchev–Trinajstić information content (AvgIpc) is 1.99. The molecule has 0 aromatic heterocycles. The SMILES string of the molecule is CC(C)Cc1cccc(OC(C)(C)C)c1. The van der Waals surface area contributed by atoms with E-state index in [1.54, 1.807) is 0 Å². The zero-order valence-corrected chi connectivity index (χ0v) is 10.5. The Hall–Kier alpha value is -0.980. The van der Waals surface area contributed by atoms with Crippen LogP contribution in [0.15, 0.2) is 24.3 Å². The van der Waals surface area contributed by atoms with E-state index in [0.717, 1.165) is 12.2 Å². The molecule has 0 aliphatic rings. The molecule has 1 rings (SSSR count). The molecule has 0 heterocycles. The molecule has 0 spiro atoms. The minimum Gasteiger partial charge on any atom is -0.488 e. The molecule has 0 bridgehead atoms. The second-order valence-electron chi connectivity index (χ2n) is 5.46. The third-order valence-corrected chi connectivity index (χ3v) is 1.97. The summed E-state index contributed by atoms with van der Waals surface area (Å²) in [6.45, 7) is 10.7. The van der Waals surface area contributed by atoms with Crippen LogP contribution in [0.25, 0.3) is 0 Å². The van der Waals surface area contributed by atoms with Crippen molar-refractivity contribution in [1.29, 1.82) is 0 Å². The topological polar surface area (TPSA) is 9.23 Å². The van der Waals surface area contributed by atoms with Crippen molar-refractivity contribution in [3.8, 4) is 5.75 Å². The Morgan fingerprint density at radius 2 is 1.87 bits per heavy atom. The third kappa shape index (κ3) is 4.87. The summed E-state index contributed by atoms with van der Waals surface area (Å²) < 4.78 is 5.82. The fourth-order valence-electron chi connectivity index (χ4n) is 1.56. The number of hydrogen-bond donors (Lipinski definition) is 0. The van der Waals surface area contributed by atoms with Crippen LogP contribution in [-0.4, -0.2) is 5.60 Å². The molecular formula is C14H22O. The predicted octanol–water partition coefficient (Wildman–Crippen LogP) is 4.06. The zero-order valence-electron chi connectivity index (χ0n) is 10.5. The highest BCUT2D eigenvalue weighted by molar-refractivity contribution is 5.29. The Balaban J connectivity index is 2.74. The van der Waals surface area contributed by atoms with E-state index in [4.69, 9.17) is 4.74 Å². The van der Waals surface area contributed by atoms with E-state index in [-0.39, 0.29) is 5.60 Å². The van der Waals surface area contributed by atoms with Crippen molar-refractivity contribution in [1.82, 2.24) is 0 Å². The van der Waals surface area contributed by atoms with Crippen molar-refractivity contribution < 1.29 is 4.74 Å². The fraction of sp³-hybridized carbons (Fsp3) is 0.571. The van der Waals surface area contributed by atoms with E-state index >= 15 is 0 Å². The van der Waals surface area contributed by atoms with Crippen LogP contribution in [0.1, 0.15) is 40.2 Å². The number of hydrogen-bond acceptors (Lipinski definition) is 1. The van der Waals surface area contributed by atoms with Gasteiger partial charge in [-0.25, -0.2) is 0 Å². The van der Waals surface area contributed by atoms with Crippen LogP contribution < -0.4 is 4.74 Å². The standard InChI is InChI=1S/C14H22O/c1-11(2)9-12-7-6-8-13(10-12)15-14(3,4)5/h6-8,10-11H,9H2,1-5H3. The molecule has 1 heteroatoms. The molecule has 0 fully saturated rings. The first-order valence-electron chi connectivity index (χ1n) is 5.65. The molecule has 0 aliphatic heterocycles. The third-order valence-electron chi connectivity index (χ3n) is 1.97. The molecule has 0 radical (unpaired) electrons. The highest BCUT2D eigenvalue weighted by Gasteiger charge is 2.11. The van der Waals surface area contributed by atoms with Gasteiger partial charge >= 0.3 is 0 Å². The number of ether oxygens (including phenoxy) is 1. The quantitative estimate of drug-likeness (QED) is 0.724. The van der Waals surface area contributed by atoms with Gasteiger partial charge in [0.15, 0.2) is 0 Å². The van der Waals surface area contributed by atoms with Crippen molar-refractivity contribution in [3.05, 3.63) is 29.8 Å². The van der Waals surface area contributed by atoms with Gasteiger partial charge in [-0.3, -0.25) is 0 Å². The van der Waals surface area contributed by atoms with Gasteiger partial charge in [-0.05, 0) is 50.8 Å². The minimum atomic E-state index is -0.115. The molecule has 1 nitrogen and oxygen atoms in total. The molecule has 0 aliphatic carbocycles. The van der Waals surface area contributed by atoms with Crippen LogP contribution in [0.5, 0.6) is 5.75 Å². The van der Waals surface area contributed by atoms with Crippen molar-refractivity contribution in [2.75, 3.05) is 0 Å². The van der Waals surface area contributed by atoms with Crippen molar-refractivity contribution in [3.63, 3.8) is 0 Å². The zero-order chi connectivity index (χ0) is 11.5. The number of rotatable bonds is 3. The molecule has 0 unspecified atom stereocenters.